The zero-order valence-electron chi connectivity index (χ0n) is 10.0. The fraction of sp³-hybridized carbons (Fsp3) is 0.909. The Morgan fingerprint density at radius 3 is 2.53 bits per heavy atom. The van der Waals surface area contributed by atoms with Crippen LogP contribution in [0.25, 0.3) is 0 Å². The number of rotatable bonds is 9. The van der Waals surface area contributed by atoms with E-state index in [9.17, 15) is 0 Å². The molecule has 0 aromatic rings. The smallest absolute Gasteiger partial charge is 0.0700 e. The molecule has 0 spiro atoms. The lowest BCUT2D eigenvalue weighted by molar-refractivity contribution is 0.0719. The summed E-state index contributed by atoms with van der Waals surface area (Å²) >= 11 is 0. The second-order valence-electron chi connectivity index (χ2n) is 4.10. The van der Waals surface area contributed by atoms with E-state index in [0.717, 1.165) is 19.5 Å². The SMILES string of the molecule is COCCOCCNCCC(C)(C)C#N. The van der Waals surface area contributed by atoms with Crippen LogP contribution in [-0.4, -0.2) is 40.0 Å². The second kappa shape index (κ2) is 8.66. The molecule has 0 aromatic heterocycles. The van der Waals surface area contributed by atoms with Crippen LogP contribution < -0.4 is 5.32 Å². The largest absolute Gasteiger partial charge is 0.382 e. The maximum absolute atomic E-state index is 8.78. The van der Waals surface area contributed by atoms with E-state index in [1.807, 2.05) is 13.8 Å². The highest BCUT2D eigenvalue weighted by Crippen LogP contribution is 2.16. The van der Waals surface area contributed by atoms with Gasteiger partial charge in [0, 0.05) is 13.7 Å². The van der Waals surface area contributed by atoms with Gasteiger partial charge >= 0.3 is 0 Å². The van der Waals surface area contributed by atoms with E-state index in [1.54, 1.807) is 7.11 Å². The molecule has 88 valence electrons. The molecule has 15 heavy (non-hydrogen) atoms. The van der Waals surface area contributed by atoms with E-state index in [-0.39, 0.29) is 5.41 Å². The van der Waals surface area contributed by atoms with Crippen molar-refractivity contribution >= 4 is 0 Å². The minimum absolute atomic E-state index is 0.232. The summed E-state index contributed by atoms with van der Waals surface area (Å²) in [5.74, 6) is 0. The first kappa shape index (κ1) is 14.4. The van der Waals surface area contributed by atoms with Crippen molar-refractivity contribution < 1.29 is 9.47 Å². The molecule has 0 atom stereocenters. The number of ether oxygens (including phenoxy) is 2. The molecule has 0 aliphatic rings. The van der Waals surface area contributed by atoms with Crippen LogP contribution in [-0.2, 0) is 9.47 Å². The highest BCUT2D eigenvalue weighted by Gasteiger charge is 2.14. The molecule has 0 fully saturated rings. The average molecular weight is 214 g/mol. The van der Waals surface area contributed by atoms with Crippen LogP contribution in [0.5, 0.6) is 0 Å². The van der Waals surface area contributed by atoms with E-state index < -0.39 is 0 Å². The maximum Gasteiger partial charge on any atom is 0.0700 e. The van der Waals surface area contributed by atoms with Crippen LogP contribution in [0.4, 0.5) is 0 Å². The van der Waals surface area contributed by atoms with E-state index >= 15 is 0 Å². The molecular weight excluding hydrogens is 192 g/mol. The van der Waals surface area contributed by atoms with Crippen molar-refractivity contribution in [2.75, 3.05) is 40.0 Å². The summed E-state index contributed by atoms with van der Waals surface area (Å²) in [5.41, 5.74) is -0.232. The Morgan fingerprint density at radius 2 is 1.93 bits per heavy atom. The summed E-state index contributed by atoms with van der Waals surface area (Å²) in [6, 6.07) is 2.27. The van der Waals surface area contributed by atoms with E-state index in [4.69, 9.17) is 14.7 Å². The van der Waals surface area contributed by atoms with Gasteiger partial charge in [-0.25, -0.2) is 0 Å². The summed E-state index contributed by atoms with van der Waals surface area (Å²) in [7, 11) is 1.66. The Bertz CT molecular complexity index is 188. The van der Waals surface area contributed by atoms with Gasteiger partial charge in [-0.3, -0.25) is 0 Å². The summed E-state index contributed by atoms with van der Waals surface area (Å²) in [6.45, 7) is 7.55. The third kappa shape index (κ3) is 9.67. The summed E-state index contributed by atoms with van der Waals surface area (Å²) < 4.78 is 10.1. The van der Waals surface area contributed by atoms with Crippen LogP contribution in [0.1, 0.15) is 20.3 Å². The second-order valence-corrected chi connectivity index (χ2v) is 4.10. The van der Waals surface area contributed by atoms with Gasteiger partial charge in [0.15, 0.2) is 0 Å². The maximum atomic E-state index is 8.78. The van der Waals surface area contributed by atoms with Gasteiger partial charge in [0.2, 0.25) is 0 Å². The lowest BCUT2D eigenvalue weighted by Gasteiger charge is -2.14. The first-order chi connectivity index (χ1) is 7.12. The van der Waals surface area contributed by atoms with Crippen LogP contribution >= 0.6 is 0 Å². The molecule has 0 rings (SSSR count). The molecule has 0 saturated carbocycles. The normalized spacial score (nSPS) is 11.3. The molecule has 0 radical (unpaired) electrons. The van der Waals surface area contributed by atoms with Crippen molar-refractivity contribution in [1.29, 1.82) is 5.26 Å². The Morgan fingerprint density at radius 1 is 1.20 bits per heavy atom. The fourth-order valence-electron chi connectivity index (χ4n) is 0.970. The Labute approximate surface area is 92.6 Å². The van der Waals surface area contributed by atoms with Gasteiger partial charge in [-0.1, -0.05) is 0 Å². The lowest BCUT2D eigenvalue weighted by Crippen LogP contribution is -2.25. The quantitative estimate of drug-likeness (QED) is 0.586. The molecule has 0 aliphatic carbocycles. The molecule has 0 bridgehead atoms. The number of methoxy groups -OCH3 is 1. The Balaban J connectivity index is 3.16. The predicted molar refractivity (Wildman–Crippen MR) is 59.6 cm³/mol. The van der Waals surface area contributed by atoms with Gasteiger partial charge < -0.3 is 14.8 Å². The van der Waals surface area contributed by atoms with Crippen molar-refractivity contribution in [1.82, 2.24) is 5.32 Å². The third-order valence-corrected chi connectivity index (χ3v) is 2.08. The molecule has 0 aliphatic heterocycles. The van der Waals surface area contributed by atoms with Crippen molar-refractivity contribution in [2.24, 2.45) is 5.41 Å². The zero-order valence-corrected chi connectivity index (χ0v) is 10.0. The average Bonchev–Trinajstić information content (AvgIpc) is 2.22. The Hall–Kier alpha value is -0.630. The Kier molecular flexibility index (Phi) is 8.30. The van der Waals surface area contributed by atoms with Gasteiger partial charge in [-0.15, -0.1) is 0 Å². The molecule has 4 heteroatoms. The van der Waals surface area contributed by atoms with Crippen LogP contribution in [0.15, 0.2) is 0 Å². The minimum atomic E-state index is -0.232. The van der Waals surface area contributed by atoms with Crippen LogP contribution in [0.2, 0.25) is 0 Å². The van der Waals surface area contributed by atoms with Gasteiger partial charge in [-0.05, 0) is 26.8 Å². The van der Waals surface area contributed by atoms with Gasteiger partial charge in [0.05, 0.1) is 31.3 Å². The fourth-order valence-corrected chi connectivity index (χ4v) is 0.970. The standard InChI is InChI=1S/C11H22N2O2/c1-11(2,10-12)4-5-13-6-7-15-9-8-14-3/h13H,4-9H2,1-3H3. The molecule has 0 amide bonds. The highest BCUT2D eigenvalue weighted by atomic mass is 16.5. The van der Waals surface area contributed by atoms with Gasteiger partial charge in [0.1, 0.15) is 0 Å². The summed E-state index contributed by atoms with van der Waals surface area (Å²) in [5, 5.41) is 12.0. The minimum Gasteiger partial charge on any atom is -0.382 e. The molecule has 0 unspecified atom stereocenters. The first-order valence-corrected chi connectivity index (χ1v) is 5.31. The van der Waals surface area contributed by atoms with E-state index in [1.165, 1.54) is 0 Å². The van der Waals surface area contributed by atoms with Crippen molar-refractivity contribution in [2.45, 2.75) is 20.3 Å². The van der Waals surface area contributed by atoms with Crippen molar-refractivity contribution in [3.63, 3.8) is 0 Å². The topological polar surface area (TPSA) is 54.3 Å². The van der Waals surface area contributed by atoms with Crippen molar-refractivity contribution in [3.05, 3.63) is 0 Å². The molecule has 4 nitrogen and oxygen atoms in total. The lowest BCUT2D eigenvalue weighted by atomic mass is 9.92. The van der Waals surface area contributed by atoms with Gasteiger partial charge in [-0.2, -0.15) is 5.26 Å². The number of hydrogen-bond acceptors (Lipinski definition) is 4. The molecular formula is C11H22N2O2. The predicted octanol–water partition coefficient (Wildman–Crippen LogP) is 1.18. The number of nitrogens with one attached hydrogen (secondary N) is 1. The number of nitriles is 1. The molecule has 0 aromatic carbocycles. The molecule has 0 saturated heterocycles. The number of hydrogen-bond donors (Lipinski definition) is 1. The summed E-state index contributed by atoms with van der Waals surface area (Å²) in [4.78, 5) is 0. The molecule has 1 N–H and O–H groups in total. The monoisotopic (exact) mass is 214 g/mol. The van der Waals surface area contributed by atoms with Gasteiger partial charge in [0.25, 0.3) is 0 Å². The van der Waals surface area contributed by atoms with E-state index in [0.29, 0.717) is 19.8 Å². The van der Waals surface area contributed by atoms with Crippen LogP contribution in [0.3, 0.4) is 0 Å². The zero-order chi connectivity index (χ0) is 11.6. The van der Waals surface area contributed by atoms with Crippen LogP contribution in [0, 0.1) is 16.7 Å². The van der Waals surface area contributed by atoms with Crippen molar-refractivity contribution in [3.8, 4) is 6.07 Å². The third-order valence-electron chi connectivity index (χ3n) is 2.08. The first-order valence-electron chi connectivity index (χ1n) is 5.31. The summed E-state index contributed by atoms with van der Waals surface area (Å²) in [6.07, 6.45) is 0.863. The number of nitrogens with zero attached hydrogens (tertiary/aromatic N) is 1. The highest BCUT2D eigenvalue weighted by molar-refractivity contribution is 4.91. The van der Waals surface area contributed by atoms with E-state index in [2.05, 4.69) is 11.4 Å². The molecule has 0 heterocycles.